The molecule has 0 saturated heterocycles. The van der Waals surface area contributed by atoms with E-state index in [1.165, 1.54) is 16.2 Å². The second kappa shape index (κ2) is 6.58. The maximum atomic E-state index is 12.5. The molecule has 1 N–H and O–H groups in total. The van der Waals surface area contributed by atoms with Gasteiger partial charge in [-0.15, -0.1) is 11.3 Å². The SMILES string of the molecule is CCCN(C=N)C(=O)c1cc2c(N(C)C)ccc(Br)c2s1. The number of hydrogen-bond acceptors (Lipinski definition) is 4. The van der Waals surface area contributed by atoms with E-state index >= 15 is 0 Å². The third-order valence-corrected chi connectivity index (χ3v) is 5.27. The second-order valence-corrected chi connectivity index (χ2v) is 6.85. The molecule has 4 nitrogen and oxygen atoms in total. The number of nitrogens with zero attached hydrogens (tertiary/aromatic N) is 2. The predicted molar refractivity (Wildman–Crippen MR) is 94.0 cm³/mol. The van der Waals surface area contributed by atoms with Gasteiger partial charge in [0.2, 0.25) is 0 Å². The third-order valence-electron chi connectivity index (χ3n) is 3.19. The topological polar surface area (TPSA) is 47.4 Å². The second-order valence-electron chi connectivity index (χ2n) is 4.94. The van der Waals surface area contributed by atoms with E-state index < -0.39 is 0 Å². The summed E-state index contributed by atoms with van der Waals surface area (Å²) in [6.07, 6.45) is 1.94. The van der Waals surface area contributed by atoms with Crippen molar-refractivity contribution in [1.82, 2.24) is 4.90 Å². The summed E-state index contributed by atoms with van der Waals surface area (Å²) in [5.74, 6) is -0.107. The molecule has 1 aromatic heterocycles. The maximum absolute atomic E-state index is 12.5. The number of carbonyl (C=O) groups is 1. The summed E-state index contributed by atoms with van der Waals surface area (Å²) in [4.78, 5) is 16.6. The molecule has 1 aromatic carbocycles. The largest absolute Gasteiger partial charge is 0.377 e. The molecule has 2 rings (SSSR count). The van der Waals surface area contributed by atoms with Crippen LogP contribution in [0.25, 0.3) is 10.1 Å². The summed E-state index contributed by atoms with van der Waals surface area (Å²) in [6.45, 7) is 2.56. The van der Waals surface area contributed by atoms with Crippen molar-refractivity contribution in [3.63, 3.8) is 0 Å². The van der Waals surface area contributed by atoms with Gasteiger partial charge in [0.15, 0.2) is 0 Å². The highest BCUT2D eigenvalue weighted by Crippen LogP contribution is 2.38. The zero-order chi connectivity index (χ0) is 15.6. The number of thiophene rings is 1. The van der Waals surface area contributed by atoms with Crippen LogP contribution in [0.3, 0.4) is 0 Å². The first kappa shape index (κ1) is 16.0. The monoisotopic (exact) mass is 367 g/mol. The van der Waals surface area contributed by atoms with Crippen LogP contribution >= 0.6 is 27.3 Å². The molecule has 0 radical (unpaired) electrons. The van der Waals surface area contributed by atoms with Crippen LogP contribution in [0.4, 0.5) is 5.69 Å². The Balaban J connectivity index is 2.52. The van der Waals surface area contributed by atoms with Gasteiger partial charge < -0.3 is 4.90 Å². The Labute approximate surface area is 137 Å². The van der Waals surface area contributed by atoms with E-state index in [2.05, 4.69) is 15.9 Å². The van der Waals surface area contributed by atoms with Gasteiger partial charge in [-0.05, 0) is 40.5 Å². The minimum atomic E-state index is -0.107. The van der Waals surface area contributed by atoms with Gasteiger partial charge in [0.1, 0.15) is 0 Å². The van der Waals surface area contributed by atoms with Gasteiger partial charge in [-0.2, -0.15) is 0 Å². The van der Waals surface area contributed by atoms with E-state index in [-0.39, 0.29) is 5.91 Å². The number of carbonyl (C=O) groups excluding carboxylic acids is 1. The van der Waals surface area contributed by atoms with Crippen LogP contribution in [0.5, 0.6) is 0 Å². The predicted octanol–water partition coefficient (Wildman–Crippen LogP) is 4.19. The highest BCUT2D eigenvalue weighted by molar-refractivity contribution is 9.10. The summed E-state index contributed by atoms with van der Waals surface area (Å²) in [5, 5.41) is 8.46. The molecule has 0 fully saturated rings. The lowest BCUT2D eigenvalue weighted by atomic mass is 10.2. The van der Waals surface area contributed by atoms with Crippen molar-refractivity contribution in [2.45, 2.75) is 13.3 Å². The van der Waals surface area contributed by atoms with Crippen LogP contribution in [-0.2, 0) is 0 Å². The van der Waals surface area contributed by atoms with Gasteiger partial charge >= 0.3 is 0 Å². The van der Waals surface area contributed by atoms with Crippen LogP contribution in [-0.4, -0.2) is 37.8 Å². The van der Waals surface area contributed by atoms with Crippen LogP contribution in [0.15, 0.2) is 22.7 Å². The molecule has 1 amide bonds. The fourth-order valence-electron chi connectivity index (χ4n) is 2.18. The fraction of sp³-hybridized carbons (Fsp3) is 0.333. The molecule has 0 aliphatic carbocycles. The molecule has 0 spiro atoms. The zero-order valence-corrected chi connectivity index (χ0v) is 14.7. The van der Waals surface area contributed by atoms with Crippen LogP contribution in [0.1, 0.15) is 23.0 Å². The van der Waals surface area contributed by atoms with Gasteiger partial charge in [-0.25, -0.2) is 0 Å². The average molecular weight is 368 g/mol. The van der Waals surface area contributed by atoms with Crippen LogP contribution in [0, 0.1) is 5.41 Å². The first-order valence-corrected chi connectivity index (χ1v) is 8.31. The molecule has 0 aliphatic heterocycles. The van der Waals surface area contributed by atoms with Crippen LogP contribution in [0.2, 0.25) is 0 Å². The minimum absolute atomic E-state index is 0.107. The first-order valence-electron chi connectivity index (χ1n) is 6.70. The summed E-state index contributed by atoms with van der Waals surface area (Å²) in [5.41, 5.74) is 1.08. The lowest BCUT2D eigenvalue weighted by Crippen LogP contribution is -2.29. The average Bonchev–Trinajstić information content (AvgIpc) is 2.89. The molecule has 0 saturated carbocycles. The standard InChI is InChI=1S/C15H18BrN3OS/c1-4-7-19(9-17)15(20)13-8-10-12(18(2)3)6-5-11(16)14(10)21-13/h5-6,8-9,17H,4,7H2,1-3H3. The number of rotatable bonds is 5. The number of halogens is 1. The Kier molecular flexibility index (Phi) is 5.00. The van der Waals surface area contributed by atoms with Crippen LogP contribution < -0.4 is 4.90 Å². The third kappa shape index (κ3) is 3.11. The van der Waals surface area contributed by atoms with Crippen molar-refractivity contribution in [1.29, 1.82) is 5.41 Å². The maximum Gasteiger partial charge on any atom is 0.269 e. The van der Waals surface area contributed by atoms with Crippen molar-refractivity contribution in [3.8, 4) is 0 Å². The molecule has 112 valence electrons. The molecule has 0 bridgehead atoms. The summed E-state index contributed by atoms with van der Waals surface area (Å²) < 4.78 is 2.05. The Bertz CT molecular complexity index is 681. The van der Waals surface area contributed by atoms with Gasteiger partial charge in [0.05, 0.1) is 15.9 Å². The van der Waals surface area contributed by atoms with Gasteiger partial charge in [-0.1, -0.05) is 6.92 Å². The van der Waals surface area contributed by atoms with Gasteiger partial charge in [0, 0.05) is 36.2 Å². The minimum Gasteiger partial charge on any atom is -0.377 e. The Morgan fingerprint density at radius 3 is 2.71 bits per heavy atom. The smallest absolute Gasteiger partial charge is 0.269 e. The highest BCUT2D eigenvalue weighted by Gasteiger charge is 2.18. The van der Waals surface area contributed by atoms with E-state index in [4.69, 9.17) is 5.41 Å². The number of fused-ring (bicyclic) bond motifs is 1. The number of anilines is 1. The Morgan fingerprint density at radius 1 is 1.43 bits per heavy atom. The molecule has 0 atom stereocenters. The molecular formula is C15H18BrN3OS. The summed E-state index contributed by atoms with van der Waals surface area (Å²) in [7, 11) is 3.98. The van der Waals surface area contributed by atoms with Crippen molar-refractivity contribution in [3.05, 3.63) is 27.5 Å². The highest BCUT2D eigenvalue weighted by atomic mass is 79.9. The van der Waals surface area contributed by atoms with Crippen molar-refractivity contribution in [2.24, 2.45) is 0 Å². The van der Waals surface area contributed by atoms with Gasteiger partial charge in [0.25, 0.3) is 5.91 Å². The number of amides is 1. The number of nitrogens with one attached hydrogen (secondary N) is 1. The molecule has 1 heterocycles. The lowest BCUT2D eigenvalue weighted by molar-refractivity contribution is 0.0856. The zero-order valence-electron chi connectivity index (χ0n) is 12.3. The van der Waals surface area contributed by atoms with E-state index in [0.29, 0.717) is 11.4 Å². The van der Waals surface area contributed by atoms with E-state index in [0.717, 1.165) is 33.0 Å². The molecule has 6 heteroatoms. The lowest BCUT2D eigenvalue weighted by Gasteiger charge is -2.14. The fourth-order valence-corrected chi connectivity index (χ4v) is 3.81. The number of benzene rings is 1. The van der Waals surface area contributed by atoms with E-state index in [1.807, 2.05) is 44.1 Å². The molecular weight excluding hydrogens is 350 g/mol. The normalized spacial score (nSPS) is 10.7. The van der Waals surface area contributed by atoms with E-state index in [1.54, 1.807) is 0 Å². The molecule has 0 unspecified atom stereocenters. The van der Waals surface area contributed by atoms with Gasteiger partial charge in [-0.3, -0.25) is 15.1 Å². The van der Waals surface area contributed by atoms with E-state index in [9.17, 15) is 4.79 Å². The quantitative estimate of drug-likeness (QED) is 0.636. The Morgan fingerprint density at radius 2 is 2.14 bits per heavy atom. The molecule has 21 heavy (non-hydrogen) atoms. The Hall–Kier alpha value is -1.40. The first-order chi connectivity index (χ1) is 9.99. The van der Waals surface area contributed by atoms with Crippen molar-refractivity contribution in [2.75, 3.05) is 25.5 Å². The molecule has 0 aliphatic rings. The molecule has 2 aromatic rings. The summed E-state index contributed by atoms with van der Waals surface area (Å²) >= 11 is 5.01. The number of hydrogen-bond donors (Lipinski definition) is 1. The summed E-state index contributed by atoms with van der Waals surface area (Å²) in [6, 6.07) is 5.96. The van der Waals surface area contributed by atoms with Crippen molar-refractivity contribution < 1.29 is 4.79 Å². The van der Waals surface area contributed by atoms with Crippen molar-refractivity contribution >= 4 is 55.3 Å².